The van der Waals surface area contributed by atoms with Gasteiger partial charge in [0.2, 0.25) is 0 Å². The molecular weight excluding hydrogens is 389 g/mol. The summed E-state index contributed by atoms with van der Waals surface area (Å²) >= 11 is 1.79. The molecule has 1 aliphatic rings. The van der Waals surface area contributed by atoms with E-state index in [1.807, 2.05) is 0 Å². The molecule has 5 heteroatoms. The molecule has 2 aromatic rings. The third kappa shape index (κ3) is 4.77. The molecular formula is C20H22Cl2NOTi. The number of halogens is 2. The molecule has 0 heterocycles. The van der Waals surface area contributed by atoms with Crippen molar-refractivity contribution in [1.29, 1.82) is 0 Å². The largest absolute Gasteiger partial charge is 1.00 e. The summed E-state index contributed by atoms with van der Waals surface area (Å²) in [4.78, 5) is 2.23. The van der Waals surface area contributed by atoms with Crippen LogP contribution in [-0.2, 0) is 24.1 Å². The molecule has 0 amide bonds. The summed E-state index contributed by atoms with van der Waals surface area (Å²) in [5.41, 5.74) is 5.48. The van der Waals surface area contributed by atoms with Crippen LogP contribution in [0.1, 0.15) is 30.6 Å². The Kier molecular flexibility index (Phi) is 8.90. The first-order valence-electron chi connectivity index (χ1n) is 7.99. The monoisotopic (exact) mass is 410 g/mol. The molecule has 0 saturated carbocycles. The van der Waals surface area contributed by atoms with Gasteiger partial charge in [-0.3, -0.25) is 0 Å². The van der Waals surface area contributed by atoms with E-state index in [2.05, 4.69) is 74.5 Å². The molecule has 0 aliphatic heterocycles. The fourth-order valence-corrected chi connectivity index (χ4v) is 3.56. The number of likely N-dealkylation sites (N-methyl/N-ethyl adjacent to an activating group) is 1. The summed E-state index contributed by atoms with van der Waals surface area (Å²) in [6.45, 7) is 3.11. The first-order valence-corrected chi connectivity index (χ1v) is 8.63. The molecule has 0 aromatic heterocycles. The number of nitrogens with zero attached hydrogens (tertiary/aromatic N) is 1. The van der Waals surface area contributed by atoms with Gasteiger partial charge in [-0.1, -0.05) is 0 Å². The second-order valence-electron chi connectivity index (χ2n) is 6.36. The van der Waals surface area contributed by atoms with Crippen molar-refractivity contribution >= 4 is 16.3 Å². The van der Waals surface area contributed by atoms with E-state index in [1.165, 1.54) is 33.0 Å². The SMILES string of the molecule is CC([O][Ti+2])c1c(C2=C(CN(C)C)C=CC2)ccc2ccccc12.[Cl-].[Cl-]. The first kappa shape index (κ1) is 22.4. The molecule has 0 spiro atoms. The average molecular weight is 411 g/mol. The molecule has 0 fully saturated rings. The van der Waals surface area contributed by atoms with Crippen LogP contribution in [-0.4, -0.2) is 25.5 Å². The minimum Gasteiger partial charge on any atom is -1.00 e. The van der Waals surface area contributed by atoms with E-state index >= 15 is 0 Å². The van der Waals surface area contributed by atoms with Gasteiger partial charge in [0, 0.05) is 0 Å². The van der Waals surface area contributed by atoms with E-state index in [0.717, 1.165) is 13.0 Å². The molecule has 0 saturated heterocycles. The molecule has 25 heavy (non-hydrogen) atoms. The first-order chi connectivity index (χ1) is 11.1. The van der Waals surface area contributed by atoms with Crippen molar-refractivity contribution in [2.24, 2.45) is 0 Å². The van der Waals surface area contributed by atoms with E-state index in [1.54, 1.807) is 20.8 Å². The third-order valence-corrected chi connectivity index (χ3v) is 4.95. The standard InChI is InChI=1S/C20H22NO.2ClH.Ti/c1-14(22)20-18-9-5-4-7-15(18)11-12-19(20)17-10-6-8-16(17)13-21(2)3;;;/h4-9,11-12,14H,10,13H2,1-3H3;2*1H;/q-1;;;+3/p-2. The zero-order valence-electron chi connectivity index (χ0n) is 14.7. The molecule has 2 nitrogen and oxygen atoms in total. The molecule has 2 aromatic carbocycles. The predicted octanol–water partition coefficient (Wildman–Crippen LogP) is -1.34. The van der Waals surface area contributed by atoms with Gasteiger partial charge in [-0.15, -0.1) is 0 Å². The number of rotatable bonds is 5. The van der Waals surface area contributed by atoms with Crippen LogP contribution in [0.4, 0.5) is 0 Å². The minimum absolute atomic E-state index is 0. The van der Waals surface area contributed by atoms with Crippen LogP contribution in [0.5, 0.6) is 0 Å². The van der Waals surface area contributed by atoms with E-state index in [4.69, 9.17) is 3.32 Å². The molecule has 1 atom stereocenters. The van der Waals surface area contributed by atoms with Gasteiger partial charge in [-0.2, -0.15) is 0 Å². The zero-order valence-corrected chi connectivity index (χ0v) is 17.8. The Morgan fingerprint density at radius 2 is 1.84 bits per heavy atom. The molecule has 0 radical (unpaired) electrons. The predicted molar refractivity (Wildman–Crippen MR) is 92.7 cm³/mol. The van der Waals surface area contributed by atoms with Crippen LogP contribution < -0.4 is 24.8 Å². The summed E-state index contributed by atoms with van der Waals surface area (Å²) in [5.74, 6) is 0. The smallest absolute Gasteiger partial charge is 1.00 e. The number of hydrogen-bond acceptors (Lipinski definition) is 2. The quantitative estimate of drug-likeness (QED) is 0.566. The van der Waals surface area contributed by atoms with Crippen molar-refractivity contribution in [2.45, 2.75) is 19.4 Å². The second-order valence-corrected chi connectivity index (χ2v) is 6.72. The van der Waals surface area contributed by atoms with Crippen LogP contribution in [0, 0.1) is 0 Å². The van der Waals surface area contributed by atoms with Gasteiger partial charge in [0.1, 0.15) is 0 Å². The van der Waals surface area contributed by atoms with Gasteiger partial charge < -0.3 is 24.8 Å². The van der Waals surface area contributed by atoms with Gasteiger partial charge in [0.05, 0.1) is 0 Å². The van der Waals surface area contributed by atoms with E-state index < -0.39 is 0 Å². The van der Waals surface area contributed by atoms with Gasteiger partial charge in [-0.25, -0.2) is 0 Å². The zero-order chi connectivity index (χ0) is 16.4. The number of hydrogen-bond donors (Lipinski definition) is 0. The molecule has 0 N–H and O–H groups in total. The summed E-state index contributed by atoms with van der Waals surface area (Å²) in [6.07, 6.45) is 5.62. The third-order valence-electron chi connectivity index (χ3n) is 4.39. The molecule has 3 rings (SSSR count). The number of fused-ring (bicyclic) bond motifs is 1. The number of allylic oxidation sites excluding steroid dienone is 2. The summed E-state index contributed by atoms with van der Waals surface area (Å²) < 4.78 is 5.71. The van der Waals surface area contributed by atoms with E-state index in [9.17, 15) is 0 Å². The minimum atomic E-state index is 0. The van der Waals surface area contributed by atoms with Gasteiger partial charge in [0.15, 0.2) is 0 Å². The maximum Gasteiger partial charge on any atom is -1.00 e. The van der Waals surface area contributed by atoms with Crippen molar-refractivity contribution < 1.29 is 49.0 Å². The van der Waals surface area contributed by atoms with E-state index in [-0.39, 0.29) is 30.9 Å². The summed E-state index contributed by atoms with van der Waals surface area (Å²) in [6, 6.07) is 13.1. The van der Waals surface area contributed by atoms with Gasteiger partial charge in [-0.05, 0) is 0 Å². The summed E-state index contributed by atoms with van der Waals surface area (Å²) in [7, 11) is 4.24. The average Bonchev–Trinajstić information content (AvgIpc) is 3.00. The van der Waals surface area contributed by atoms with Crippen molar-refractivity contribution in [3.63, 3.8) is 0 Å². The molecule has 1 unspecified atom stereocenters. The normalized spacial score (nSPS) is 14.6. The van der Waals surface area contributed by atoms with Crippen LogP contribution in [0.15, 0.2) is 54.1 Å². The fourth-order valence-electron chi connectivity index (χ4n) is 3.38. The topological polar surface area (TPSA) is 12.5 Å². The molecule has 0 bridgehead atoms. The van der Waals surface area contributed by atoms with Crippen LogP contribution in [0.25, 0.3) is 16.3 Å². The van der Waals surface area contributed by atoms with Crippen molar-refractivity contribution in [3.8, 4) is 0 Å². The van der Waals surface area contributed by atoms with E-state index in [0.29, 0.717) is 0 Å². The van der Waals surface area contributed by atoms with Gasteiger partial charge in [0.25, 0.3) is 0 Å². The van der Waals surface area contributed by atoms with Gasteiger partial charge >= 0.3 is 151 Å². The molecule has 131 valence electrons. The Morgan fingerprint density at radius 1 is 1.12 bits per heavy atom. The second kappa shape index (κ2) is 9.92. The Bertz CT molecular complexity index is 786. The van der Waals surface area contributed by atoms with Crippen molar-refractivity contribution in [3.05, 3.63) is 65.3 Å². The summed E-state index contributed by atoms with van der Waals surface area (Å²) in [5, 5.41) is 2.57. The maximum absolute atomic E-state index is 5.71. The van der Waals surface area contributed by atoms with Crippen LogP contribution in [0.3, 0.4) is 0 Å². The Morgan fingerprint density at radius 3 is 2.52 bits per heavy atom. The maximum atomic E-state index is 5.71. The van der Waals surface area contributed by atoms with Crippen LogP contribution in [0.2, 0.25) is 0 Å². The Balaban J connectivity index is 0.00000156. The van der Waals surface area contributed by atoms with Crippen molar-refractivity contribution in [2.75, 3.05) is 20.6 Å². The van der Waals surface area contributed by atoms with Crippen LogP contribution >= 0.6 is 0 Å². The van der Waals surface area contributed by atoms with Crippen molar-refractivity contribution in [1.82, 2.24) is 4.90 Å². The Hall–Kier alpha value is -0.606. The molecule has 1 aliphatic carbocycles. The Labute approximate surface area is 175 Å². The fraction of sp³-hybridized carbons (Fsp3) is 0.300. The number of benzene rings is 2.